The molecule has 5 nitrogen and oxygen atoms in total. The number of nitrogen functional groups attached to an aromatic ring is 1. The van der Waals surface area contributed by atoms with E-state index in [1.165, 1.54) is 25.3 Å². The number of amides is 1. The summed E-state index contributed by atoms with van der Waals surface area (Å²) in [5.74, 6) is -0.954. The molecule has 3 N–H and O–H groups in total. The highest BCUT2D eigenvalue weighted by atomic mass is 35.5. The number of anilines is 2. The highest BCUT2D eigenvalue weighted by molar-refractivity contribution is 6.31. The van der Waals surface area contributed by atoms with E-state index in [0.717, 1.165) is 0 Å². The Labute approximate surface area is 126 Å². The van der Waals surface area contributed by atoms with Crippen LogP contribution in [0.2, 0.25) is 5.02 Å². The van der Waals surface area contributed by atoms with Crippen LogP contribution in [-0.2, 0) is 4.74 Å². The number of carbonyl (C=O) groups excluding carboxylic acids is 2. The van der Waals surface area contributed by atoms with Crippen molar-refractivity contribution in [3.8, 4) is 0 Å². The largest absolute Gasteiger partial charge is 0.465 e. The molecule has 1 amide bonds. The molecule has 2 rings (SSSR count). The molecule has 0 saturated carbocycles. The van der Waals surface area contributed by atoms with Gasteiger partial charge in [-0.3, -0.25) is 4.79 Å². The van der Waals surface area contributed by atoms with Crippen LogP contribution < -0.4 is 11.1 Å². The van der Waals surface area contributed by atoms with Gasteiger partial charge in [-0.15, -0.1) is 0 Å². The van der Waals surface area contributed by atoms with Crippen molar-refractivity contribution in [3.63, 3.8) is 0 Å². The van der Waals surface area contributed by atoms with Crippen molar-refractivity contribution in [3.05, 3.63) is 58.6 Å². The minimum Gasteiger partial charge on any atom is -0.465 e. The molecule has 0 aliphatic rings. The van der Waals surface area contributed by atoms with E-state index in [2.05, 4.69) is 10.1 Å². The van der Waals surface area contributed by atoms with E-state index in [4.69, 9.17) is 17.3 Å². The highest BCUT2D eigenvalue weighted by Crippen LogP contribution is 2.22. The van der Waals surface area contributed by atoms with E-state index < -0.39 is 11.9 Å². The van der Waals surface area contributed by atoms with Crippen molar-refractivity contribution < 1.29 is 14.3 Å². The summed E-state index contributed by atoms with van der Waals surface area (Å²) < 4.78 is 4.67. The van der Waals surface area contributed by atoms with Gasteiger partial charge < -0.3 is 15.8 Å². The van der Waals surface area contributed by atoms with Crippen LogP contribution in [0.5, 0.6) is 0 Å². The molecule has 2 aromatic rings. The lowest BCUT2D eigenvalue weighted by molar-refractivity contribution is 0.0602. The van der Waals surface area contributed by atoms with Crippen LogP contribution in [0.3, 0.4) is 0 Å². The van der Waals surface area contributed by atoms with Gasteiger partial charge in [0.2, 0.25) is 0 Å². The molecule has 21 heavy (non-hydrogen) atoms. The van der Waals surface area contributed by atoms with Crippen molar-refractivity contribution in [1.29, 1.82) is 0 Å². The Balaban J connectivity index is 2.32. The van der Waals surface area contributed by atoms with E-state index >= 15 is 0 Å². The van der Waals surface area contributed by atoms with Gasteiger partial charge in [-0.05, 0) is 36.4 Å². The van der Waals surface area contributed by atoms with Crippen molar-refractivity contribution in [1.82, 2.24) is 0 Å². The average molecular weight is 305 g/mol. The maximum Gasteiger partial charge on any atom is 0.339 e. The molecule has 2 aromatic carbocycles. The third kappa shape index (κ3) is 3.52. The SMILES string of the molecule is COC(=O)c1ccc(Cl)cc1NC(=O)c1cccc(N)c1. The van der Waals surface area contributed by atoms with E-state index in [9.17, 15) is 9.59 Å². The molecule has 0 aromatic heterocycles. The molecule has 0 heterocycles. The van der Waals surface area contributed by atoms with Crippen molar-refractivity contribution >= 4 is 34.9 Å². The number of carbonyl (C=O) groups is 2. The first-order chi connectivity index (χ1) is 10.0. The Morgan fingerprint density at radius 1 is 1.19 bits per heavy atom. The smallest absolute Gasteiger partial charge is 0.339 e. The maximum atomic E-state index is 12.2. The Bertz CT molecular complexity index is 701. The average Bonchev–Trinajstić information content (AvgIpc) is 2.46. The standard InChI is InChI=1S/C15H13ClN2O3/c1-21-15(20)12-6-5-10(16)8-13(12)18-14(19)9-3-2-4-11(17)7-9/h2-8H,17H2,1H3,(H,18,19). The lowest BCUT2D eigenvalue weighted by atomic mass is 10.1. The lowest BCUT2D eigenvalue weighted by Crippen LogP contribution is -2.15. The second-order valence-electron chi connectivity index (χ2n) is 4.26. The van der Waals surface area contributed by atoms with Crippen LogP contribution in [-0.4, -0.2) is 19.0 Å². The number of nitrogens with one attached hydrogen (secondary N) is 1. The third-order valence-electron chi connectivity index (χ3n) is 2.78. The molecule has 6 heteroatoms. The summed E-state index contributed by atoms with van der Waals surface area (Å²) in [4.78, 5) is 23.9. The van der Waals surface area contributed by atoms with Crippen LogP contribution in [0.1, 0.15) is 20.7 Å². The molecule has 0 aliphatic carbocycles. The van der Waals surface area contributed by atoms with E-state index in [-0.39, 0.29) is 11.3 Å². The van der Waals surface area contributed by atoms with Crippen LogP contribution in [0, 0.1) is 0 Å². The minimum absolute atomic E-state index is 0.221. The highest BCUT2D eigenvalue weighted by Gasteiger charge is 2.15. The van der Waals surface area contributed by atoms with Crippen LogP contribution in [0.15, 0.2) is 42.5 Å². The van der Waals surface area contributed by atoms with Crippen molar-refractivity contribution in [2.24, 2.45) is 0 Å². The molecule has 0 unspecified atom stereocenters. The Kier molecular flexibility index (Phi) is 4.45. The zero-order valence-electron chi connectivity index (χ0n) is 11.2. The van der Waals surface area contributed by atoms with Gasteiger partial charge in [0, 0.05) is 16.3 Å². The molecule has 0 atom stereocenters. The molecule has 0 bridgehead atoms. The van der Waals surface area contributed by atoms with Gasteiger partial charge in [0.25, 0.3) is 5.91 Å². The number of halogens is 1. The van der Waals surface area contributed by atoms with Crippen LogP contribution >= 0.6 is 11.6 Å². The first kappa shape index (κ1) is 14.9. The Morgan fingerprint density at radius 2 is 1.95 bits per heavy atom. The molecular weight excluding hydrogens is 292 g/mol. The molecule has 0 fully saturated rings. The van der Waals surface area contributed by atoms with Gasteiger partial charge in [0.05, 0.1) is 18.4 Å². The predicted octanol–water partition coefficient (Wildman–Crippen LogP) is 2.96. The fraction of sp³-hybridized carbons (Fsp3) is 0.0667. The number of rotatable bonds is 3. The number of methoxy groups -OCH3 is 1. The molecule has 108 valence electrons. The number of benzene rings is 2. The second kappa shape index (κ2) is 6.28. The van der Waals surface area contributed by atoms with Crippen LogP contribution in [0.25, 0.3) is 0 Å². The van der Waals surface area contributed by atoms with E-state index in [1.807, 2.05) is 0 Å². The quantitative estimate of drug-likeness (QED) is 0.674. The fourth-order valence-corrected chi connectivity index (χ4v) is 1.95. The monoisotopic (exact) mass is 304 g/mol. The first-order valence-electron chi connectivity index (χ1n) is 6.06. The number of esters is 1. The molecular formula is C15H13ClN2O3. The van der Waals surface area contributed by atoms with Gasteiger partial charge in [-0.25, -0.2) is 4.79 Å². The third-order valence-corrected chi connectivity index (χ3v) is 3.02. The van der Waals surface area contributed by atoms with Crippen molar-refractivity contribution in [2.75, 3.05) is 18.2 Å². The van der Waals surface area contributed by atoms with Gasteiger partial charge in [0.1, 0.15) is 0 Å². The second-order valence-corrected chi connectivity index (χ2v) is 4.70. The fourth-order valence-electron chi connectivity index (χ4n) is 1.78. The topological polar surface area (TPSA) is 81.4 Å². The van der Waals surface area contributed by atoms with Gasteiger partial charge in [-0.2, -0.15) is 0 Å². The Morgan fingerprint density at radius 3 is 2.62 bits per heavy atom. The number of hydrogen-bond donors (Lipinski definition) is 2. The number of ether oxygens (including phenoxy) is 1. The Hall–Kier alpha value is -2.53. The van der Waals surface area contributed by atoms with Gasteiger partial charge >= 0.3 is 5.97 Å². The molecule has 0 saturated heterocycles. The summed E-state index contributed by atoms with van der Waals surface area (Å²) in [5.41, 5.74) is 6.99. The first-order valence-corrected chi connectivity index (χ1v) is 6.44. The zero-order valence-corrected chi connectivity index (χ0v) is 12.0. The molecule has 0 spiro atoms. The summed E-state index contributed by atoms with van der Waals surface area (Å²) in [6.07, 6.45) is 0. The van der Waals surface area contributed by atoms with E-state index in [0.29, 0.717) is 16.3 Å². The summed E-state index contributed by atoms with van der Waals surface area (Å²) in [6, 6.07) is 11.0. The lowest BCUT2D eigenvalue weighted by Gasteiger charge is -2.10. The maximum absolute atomic E-state index is 12.2. The summed E-state index contributed by atoms with van der Waals surface area (Å²) >= 11 is 5.90. The summed E-state index contributed by atoms with van der Waals surface area (Å²) in [7, 11) is 1.26. The van der Waals surface area contributed by atoms with Crippen molar-refractivity contribution in [2.45, 2.75) is 0 Å². The minimum atomic E-state index is -0.561. The summed E-state index contributed by atoms with van der Waals surface area (Å²) in [6.45, 7) is 0. The predicted molar refractivity (Wildman–Crippen MR) is 81.6 cm³/mol. The normalized spacial score (nSPS) is 10.0. The van der Waals surface area contributed by atoms with Crippen LogP contribution in [0.4, 0.5) is 11.4 Å². The zero-order chi connectivity index (χ0) is 15.4. The molecule has 0 aliphatic heterocycles. The number of hydrogen-bond acceptors (Lipinski definition) is 4. The van der Waals surface area contributed by atoms with Gasteiger partial charge in [0.15, 0.2) is 0 Å². The van der Waals surface area contributed by atoms with E-state index in [1.54, 1.807) is 24.3 Å². The summed E-state index contributed by atoms with van der Waals surface area (Å²) in [5, 5.41) is 3.02. The molecule has 0 radical (unpaired) electrons. The van der Waals surface area contributed by atoms with Gasteiger partial charge in [-0.1, -0.05) is 17.7 Å². The number of nitrogens with two attached hydrogens (primary N) is 1.